The number of rotatable bonds is 4. The molecule has 0 unspecified atom stereocenters. The van der Waals surface area contributed by atoms with Crippen LogP contribution in [0.4, 0.5) is 0 Å². The second-order valence-electron chi connectivity index (χ2n) is 4.17. The number of carbonyl (C=O) groups excluding carboxylic acids is 1. The van der Waals surface area contributed by atoms with Gasteiger partial charge in [-0.05, 0) is 30.0 Å². The van der Waals surface area contributed by atoms with Gasteiger partial charge in [0, 0.05) is 0 Å². The summed E-state index contributed by atoms with van der Waals surface area (Å²) in [5.74, 6) is -0.617. The molecule has 1 heterocycles. The molecule has 4 nitrogen and oxygen atoms in total. The Bertz CT molecular complexity index is 714. The zero-order chi connectivity index (χ0) is 14.6. The first-order valence-electron chi connectivity index (χ1n) is 5.82. The minimum absolute atomic E-state index is 0.359. The van der Waals surface area contributed by atoms with E-state index in [9.17, 15) is 13.2 Å². The lowest BCUT2D eigenvalue weighted by atomic mass is 10.2. The number of carbonyl (C=O) groups is 1. The summed E-state index contributed by atoms with van der Waals surface area (Å²) in [7, 11) is -3.79. The molecule has 0 saturated carbocycles. The fourth-order valence-corrected chi connectivity index (χ4v) is 2.92. The topological polar surface area (TPSA) is 63.2 Å². The van der Waals surface area contributed by atoms with Gasteiger partial charge in [0.2, 0.25) is 0 Å². The van der Waals surface area contributed by atoms with Gasteiger partial charge in [-0.25, -0.2) is 13.1 Å². The van der Waals surface area contributed by atoms with Crippen molar-refractivity contribution in [3.05, 3.63) is 63.2 Å². The normalized spacial score (nSPS) is 11.7. The van der Waals surface area contributed by atoms with Crippen molar-refractivity contribution >= 4 is 33.3 Å². The minimum Gasteiger partial charge on any atom is -0.267 e. The minimum atomic E-state index is -3.79. The molecule has 0 aliphatic rings. The number of amides is 1. The largest absolute Gasteiger partial charge is 0.275 e. The molecule has 1 amide bonds. The summed E-state index contributed by atoms with van der Waals surface area (Å²) in [5.41, 5.74) is 1.85. The van der Waals surface area contributed by atoms with Gasteiger partial charge < -0.3 is 0 Å². The standard InChI is InChI=1S/C14H13NO3S2/c1-11-4-6-12(7-5-11)8-10-20(17,18)15-14(16)13-3-2-9-19-13/h2-10H,1H3,(H,15,16)/b10-8+. The lowest BCUT2D eigenvalue weighted by Crippen LogP contribution is -2.28. The van der Waals surface area contributed by atoms with Crippen LogP contribution in [-0.4, -0.2) is 14.3 Å². The van der Waals surface area contributed by atoms with Crippen LogP contribution in [0.25, 0.3) is 6.08 Å². The van der Waals surface area contributed by atoms with Crippen LogP contribution in [0, 0.1) is 6.92 Å². The van der Waals surface area contributed by atoms with E-state index in [4.69, 9.17) is 0 Å². The van der Waals surface area contributed by atoms with Crippen molar-refractivity contribution in [2.75, 3.05) is 0 Å². The summed E-state index contributed by atoms with van der Waals surface area (Å²) < 4.78 is 25.5. The summed E-state index contributed by atoms with van der Waals surface area (Å²) in [5, 5.41) is 2.70. The first-order valence-corrected chi connectivity index (χ1v) is 8.24. The van der Waals surface area contributed by atoms with Crippen molar-refractivity contribution in [1.29, 1.82) is 0 Å². The molecule has 0 saturated heterocycles. The lowest BCUT2D eigenvalue weighted by molar-refractivity contribution is 0.0986. The summed E-state index contributed by atoms with van der Waals surface area (Å²) >= 11 is 1.19. The fraction of sp³-hybridized carbons (Fsp3) is 0.0714. The molecular weight excluding hydrogens is 294 g/mol. The molecule has 0 atom stereocenters. The van der Waals surface area contributed by atoms with Crippen LogP contribution in [0.2, 0.25) is 0 Å². The van der Waals surface area contributed by atoms with Crippen LogP contribution in [0.15, 0.2) is 47.2 Å². The molecule has 1 aromatic carbocycles. The fourth-order valence-electron chi connectivity index (χ4n) is 1.47. The molecule has 2 rings (SSSR count). The van der Waals surface area contributed by atoms with E-state index in [1.165, 1.54) is 17.4 Å². The predicted octanol–water partition coefficient (Wildman–Crippen LogP) is 2.79. The number of hydrogen-bond acceptors (Lipinski definition) is 4. The van der Waals surface area contributed by atoms with Gasteiger partial charge in [-0.2, -0.15) is 0 Å². The maximum absolute atomic E-state index is 11.8. The van der Waals surface area contributed by atoms with Gasteiger partial charge in [0.15, 0.2) is 0 Å². The SMILES string of the molecule is Cc1ccc(/C=C/S(=O)(=O)NC(=O)c2cccs2)cc1. The molecule has 0 fully saturated rings. The third-order valence-corrected chi connectivity index (χ3v) is 4.33. The van der Waals surface area contributed by atoms with E-state index in [-0.39, 0.29) is 0 Å². The molecule has 1 N–H and O–H groups in total. The maximum atomic E-state index is 11.8. The number of aryl methyl sites for hydroxylation is 1. The lowest BCUT2D eigenvalue weighted by Gasteiger charge is -2.01. The Hall–Kier alpha value is -1.92. The second kappa shape index (κ2) is 6.02. The van der Waals surface area contributed by atoms with Crippen molar-refractivity contribution in [2.24, 2.45) is 0 Å². The van der Waals surface area contributed by atoms with E-state index in [1.54, 1.807) is 17.5 Å². The Morgan fingerprint density at radius 2 is 1.90 bits per heavy atom. The zero-order valence-corrected chi connectivity index (χ0v) is 12.4. The molecule has 0 radical (unpaired) electrons. The average molecular weight is 307 g/mol. The van der Waals surface area contributed by atoms with Crippen LogP contribution in [0.1, 0.15) is 20.8 Å². The number of thiophene rings is 1. The Morgan fingerprint density at radius 1 is 1.20 bits per heavy atom. The van der Waals surface area contributed by atoms with Crippen molar-refractivity contribution < 1.29 is 13.2 Å². The van der Waals surface area contributed by atoms with Crippen LogP contribution < -0.4 is 4.72 Å². The monoisotopic (exact) mass is 307 g/mol. The summed E-state index contributed by atoms with van der Waals surface area (Å²) in [4.78, 5) is 12.0. The number of nitrogens with one attached hydrogen (secondary N) is 1. The predicted molar refractivity (Wildman–Crippen MR) is 80.9 cm³/mol. The van der Waals surface area contributed by atoms with Crippen LogP contribution in [0.5, 0.6) is 0 Å². The van der Waals surface area contributed by atoms with Crippen molar-refractivity contribution in [1.82, 2.24) is 4.72 Å². The van der Waals surface area contributed by atoms with E-state index in [2.05, 4.69) is 0 Å². The van der Waals surface area contributed by atoms with Gasteiger partial charge >= 0.3 is 0 Å². The average Bonchev–Trinajstić information content (AvgIpc) is 2.91. The molecule has 0 spiro atoms. The second-order valence-corrected chi connectivity index (χ2v) is 6.68. The molecular formula is C14H13NO3S2. The van der Waals surface area contributed by atoms with Crippen LogP contribution in [-0.2, 0) is 10.0 Å². The molecule has 6 heteroatoms. The smallest absolute Gasteiger partial charge is 0.267 e. The van der Waals surface area contributed by atoms with Gasteiger partial charge in [-0.15, -0.1) is 11.3 Å². The molecule has 104 valence electrons. The highest BCUT2D eigenvalue weighted by atomic mass is 32.2. The Balaban J connectivity index is 2.07. The number of hydrogen-bond donors (Lipinski definition) is 1. The summed E-state index contributed by atoms with van der Waals surface area (Å²) in [6.07, 6.45) is 1.45. The zero-order valence-electron chi connectivity index (χ0n) is 10.7. The molecule has 0 bridgehead atoms. The Labute approximate surface area is 121 Å². The highest BCUT2D eigenvalue weighted by Crippen LogP contribution is 2.09. The molecule has 0 aliphatic heterocycles. The van der Waals surface area contributed by atoms with Gasteiger partial charge in [0.1, 0.15) is 0 Å². The quantitative estimate of drug-likeness (QED) is 0.944. The van der Waals surface area contributed by atoms with E-state index >= 15 is 0 Å². The van der Waals surface area contributed by atoms with E-state index in [0.29, 0.717) is 4.88 Å². The first-order chi connectivity index (χ1) is 9.46. The van der Waals surface area contributed by atoms with Crippen LogP contribution in [0.3, 0.4) is 0 Å². The summed E-state index contributed by atoms with van der Waals surface area (Å²) in [6, 6.07) is 10.6. The van der Waals surface area contributed by atoms with Gasteiger partial charge in [0.25, 0.3) is 15.9 Å². The summed E-state index contributed by atoms with van der Waals surface area (Å²) in [6.45, 7) is 1.95. The Morgan fingerprint density at radius 3 is 2.50 bits per heavy atom. The Kier molecular flexibility index (Phi) is 4.36. The highest BCUT2D eigenvalue weighted by Gasteiger charge is 2.13. The van der Waals surface area contributed by atoms with Gasteiger partial charge in [0.05, 0.1) is 10.3 Å². The molecule has 2 aromatic rings. The third-order valence-electron chi connectivity index (χ3n) is 2.50. The van der Waals surface area contributed by atoms with E-state index < -0.39 is 15.9 Å². The van der Waals surface area contributed by atoms with E-state index in [0.717, 1.165) is 16.5 Å². The maximum Gasteiger partial charge on any atom is 0.275 e. The van der Waals surface area contributed by atoms with Crippen LogP contribution >= 0.6 is 11.3 Å². The van der Waals surface area contributed by atoms with Crippen molar-refractivity contribution in [2.45, 2.75) is 6.92 Å². The number of sulfonamides is 1. The van der Waals surface area contributed by atoms with Crippen molar-refractivity contribution in [3.63, 3.8) is 0 Å². The van der Waals surface area contributed by atoms with Gasteiger partial charge in [-0.1, -0.05) is 35.9 Å². The first kappa shape index (κ1) is 14.5. The van der Waals surface area contributed by atoms with Gasteiger partial charge in [-0.3, -0.25) is 4.79 Å². The molecule has 20 heavy (non-hydrogen) atoms. The number of benzene rings is 1. The third kappa shape index (κ3) is 4.04. The molecule has 1 aromatic heterocycles. The van der Waals surface area contributed by atoms with E-state index in [1.807, 2.05) is 35.9 Å². The van der Waals surface area contributed by atoms with Crippen molar-refractivity contribution in [3.8, 4) is 0 Å². The molecule has 0 aliphatic carbocycles. The highest BCUT2D eigenvalue weighted by molar-refractivity contribution is 7.93.